The molecule has 1 N–H and O–H groups in total. The summed E-state index contributed by atoms with van der Waals surface area (Å²) in [6.07, 6.45) is 1.09. The minimum absolute atomic E-state index is 0.374. The van der Waals surface area contributed by atoms with E-state index in [-0.39, 0.29) is 0 Å². The average Bonchev–Trinajstić information content (AvgIpc) is 2.80. The number of nitrogens with one attached hydrogen (secondary N) is 1. The Labute approximate surface area is 193 Å². The third kappa shape index (κ3) is 5.15. The van der Waals surface area contributed by atoms with Gasteiger partial charge in [-0.25, -0.2) is 8.42 Å². The van der Waals surface area contributed by atoms with E-state index in [0.29, 0.717) is 22.9 Å². The smallest absolute Gasteiger partial charge is 0.248 e. The fraction of sp³-hybridized carbons (Fsp3) is 0.115. The molecule has 0 fully saturated rings. The van der Waals surface area contributed by atoms with Crippen molar-refractivity contribution < 1.29 is 17.9 Å². The van der Waals surface area contributed by atoms with Crippen LogP contribution in [0.5, 0.6) is 11.5 Å². The number of anilines is 2. The number of carbonyl (C=O) groups excluding carboxylic acids is 1. The third-order valence-corrected chi connectivity index (χ3v) is 6.45. The predicted octanol–water partition coefficient (Wildman–Crippen LogP) is 5.43. The Kier molecular flexibility index (Phi) is 6.33. The van der Waals surface area contributed by atoms with Gasteiger partial charge in [0.1, 0.15) is 17.5 Å². The number of nitrogens with zero attached hydrogens (tertiary/aromatic N) is 1. The lowest BCUT2D eigenvalue weighted by Crippen LogP contribution is -2.45. The van der Waals surface area contributed by atoms with Crippen LogP contribution in [0.25, 0.3) is 10.8 Å². The van der Waals surface area contributed by atoms with Crippen molar-refractivity contribution in [1.29, 1.82) is 0 Å². The minimum atomic E-state index is -3.74. The van der Waals surface area contributed by atoms with Gasteiger partial charge in [0.15, 0.2) is 0 Å². The Morgan fingerprint density at radius 3 is 2.12 bits per heavy atom. The summed E-state index contributed by atoms with van der Waals surface area (Å²) in [6, 6.07) is 28.2. The first-order valence-corrected chi connectivity index (χ1v) is 12.3. The molecule has 0 radical (unpaired) electrons. The van der Waals surface area contributed by atoms with Crippen LogP contribution >= 0.6 is 0 Å². The van der Waals surface area contributed by atoms with Crippen LogP contribution in [0.4, 0.5) is 11.4 Å². The monoisotopic (exact) mass is 460 g/mol. The minimum Gasteiger partial charge on any atom is -0.457 e. The van der Waals surface area contributed by atoms with Gasteiger partial charge >= 0.3 is 0 Å². The number of ether oxygens (including phenoxy) is 1. The summed E-state index contributed by atoms with van der Waals surface area (Å²) in [4.78, 5) is 13.1. The number of hydrogen-bond acceptors (Lipinski definition) is 4. The number of fused-ring (bicyclic) bond motifs is 1. The van der Waals surface area contributed by atoms with Crippen molar-refractivity contribution in [2.24, 2.45) is 0 Å². The second-order valence-corrected chi connectivity index (χ2v) is 9.52. The Balaban J connectivity index is 1.57. The first kappa shape index (κ1) is 22.4. The fourth-order valence-corrected chi connectivity index (χ4v) is 4.84. The lowest BCUT2D eigenvalue weighted by molar-refractivity contribution is -0.116. The van der Waals surface area contributed by atoms with E-state index in [0.717, 1.165) is 21.3 Å². The van der Waals surface area contributed by atoms with Crippen molar-refractivity contribution in [2.45, 2.75) is 13.0 Å². The Morgan fingerprint density at radius 2 is 1.42 bits per heavy atom. The topological polar surface area (TPSA) is 75.7 Å². The molecule has 0 bridgehead atoms. The van der Waals surface area contributed by atoms with Crippen LogP contribution in [0.1, 0.15) is 6.92 Å². The molecule has 0 aliphatic heterocycles. The first-order valence-electron chi connectivity index (χ1n) is 10.4. The van der Waals surface area contributed by atoms with Gasteiger partial charge in [-0.05, 0) is 54.8 Å². The fourth-order valence-electron chi connectivity index (χ4n) is 3.67. The van der Waals surface area contributed by atoms with E-state index in [9.17, 15) is 13.2 Å². The van der Waals surface area contributed by atoms with E-state index in [2.05, 4.69) is 5.32 Å². The molecule has 1 atom stereocenters. The normalized spacial score (nSPS) is 12.2. The molecule has 4 aromatic carbocycles. The standard InChI is InChI=1S/C26H24N2O4S/c1-19(26(29)27-25-14-8-10-20-9-6-7-13-24(20)25)28(33(2,30)31)21-15-17-23(18-16-21)32-22-11-4-3-5-12-22/h3-19H,1-2H3,(H,27,29)/t19-/m0/s1. The number of rotatable bonds is 7. The molecule has 0 aliphatic rings. The lowest BCUT2D eigenvalue weighted by Gasteiger charge is -2.28. The van der Waals surface area contributed by atoms with Gasteiger partial charge in [0, 0.05) is 11.1 Å². The number of para-hydroxylation sites is 1. The van der Waals surface area contributed by atoms with Crippen molar-refractivity contribution in [3.05, 3.63) is 97.1 Å². The zero-order chi connectivity index (χ0) is 23.4. The largest absolute Gasteiger partial charge is 0.457 e. The summed E-state index contributed by atoms with van der Waals surface area (Å²) >= 11 is 0. The zero-order valence-electron chi connectivity index (χ0n) is 18.3. The van der Waals surface area contributed by atoms with Gasteiger partial charge in [0.25, 0.3) is 0 Å². The summed E-state index contributed by atoms with van der Waals surface area (Å²) in [6.45, 7) is 1.57. The van der Waals surface area contributed by atoms with Crippen LogP contribution in [0, 0.1) is 0 Å². The SMILES string of the molecule is C[C@@H](C(=O)Nc1cccc2ccccc12)N(c1ccc(Oc2ccccc2)cc1)S(C)(=O)=O. The first-order chi connectivity index (χ1) is 15.8. The molecule has 0 spiro atoms. The highest BCUT2D eigenvalue weighted by Crippen LogP contribution is 2.28. The Hall–Kier alpha value is -3.84. The number of benzene rings is 4. The summed E-state index contributed by atoms with van der Waals surface area (Å²) < 4.78 is 32.2. The Morgan fingerprint density at radius 1 is 0.818 bits per heavy atom. The molecule has 4 aromatic rings. The number of carbonyl (C=O) groups is 1. The van der Waals surface area contributed by atoms with Crippen LogP contribution in [0.3, 0.4) is 0 Å². The van der Waals surface area contributed by atoms with E-state index in [1.54, 1.807) is 37.3 Å². The van der Waals surface area contributed by atoms with Gasteiger partial charge in [0.05, 0.1) is 11.9 Å². The number of amides is 1. The van der Waals surface area contributed by atoms with E-state index >= 15 is 0 Å². The van der Waals surface area contributed by atoms with E-state index in [1.165, 1.54) is 0 Å². The van der Waals surface area contributed by atoms with E-state index in [4.69, 9.17) is 4.74 Å². The molecule has 0 saturated carbocycles. The molecule has 7 heteroatoms. The third-order valence-electron chi connectivity index (χ3n) is 5.21. The zero-order valence-corrected chi connectivity index (χ0v) is 19.1. The highest BCUT2D eigenvalue weighted by molar-refractivity contribution is 7.92. The van der Waals surface area contributed by atoms with E-state index < -0.39 is 22.0 Å². The Bertz CT molecular complexity index is 1370. The van der Waals surface area contributed by atoms with Gasteiger partial charge in [0.2, 0.25) is 15.9 Å². The van der Waals surface area contributed by atoms with Gasteiger partial charge in [-0.2, -0.15) is 0 Å². The number of sulfonamides is 1. The highest BCUT2D eigenvalue weighted by Gasteiger charge is 2.29. The van der Waals surface area contributed by atoms with E-state index in [1.807, 2.05) is 66.7 Å². The van der Waals surface area contributed by atoms with Gasteiger partial charge in [-0.3, -0.25) is 9.10 Å². The maximum Gasteiger partial charge on any atom is 0.248 e. The van der Waals surface area contributed by atoms with Crippen molar-refractivity contribution in [1.82, 2.24) is 0 Å². The molecule has 0 unspecified atom stereocenters. The van der Waals surface area contributed by atoms with Crippen molar-refractivity contribution in [2.75, 3.05) is 15.9 Å². The average molecular weight is 461 g/mol. The van der Waals surface area contributed by atoms with Crippen molar-refractivity contribution in [3.63, 3.8) is 0 Å². The predicted molar refractivity (Wildman–Crippen MR) is 132 cm³/mol. The van der Waals surface area contributed by atoms with Crippen LogP contribution in [-0.4, -0.2) is 26.6 Å². The van der Waals surface area contributed by atoms with Crippen LogP contribution in [-0.2, 0) is 14.8 Å². The van der Waals surface area contributed by atoms with Crippen molar-refractivity contribution in [3.8, 4) is 11.5 Å². The molecule has 33 heavy (non-hydrogen) atoms. The summed E-state index contributed by atoms with van der Waals surface area (Å²) in [7, 11) is -3.74. The van der Waals surface area contributed by atoms with Crippen molar-refractivity contribution >= 4 is 38.1 Å². The van der Waals surface area contributed by atoms with Crippen LogP contribution in [0.15, 0.2) is 97.1 Å². The summed E-state index contributed by atoms with van der Waals surface area (Å²) in [5.74, 6) is 0.806. The number of hydrogen-bond donors (Lipinski definition) is 1. The quantitative estimate of drug-likeness (QED) is 0.399. The summed E-state index contributed by atoms with van der Waals surface area (Å²) in [5, 5.41) is 4.75. The summed E-state index contributed by atoms with van der Waals surface area (Å²) in [5.41, 5.74) is 1.00. The van der Waals surface area contributed by atoms with Crippen LogP contribution in [0.2, 0.25) is 0 Å². The second-order valence-electron chi connectivity index (χ2n) is 7.66. The maximum absolute atomic E-state index is 13.1. The van der Waals surface area contributed by atoms with Gasteiger partial charge < -0.3 is 10.1 Å². The van der Waals surface area contributed by atoms with Gasteiger partial charge in [-0.1, -0.05) is 54.6 Å². The lowest BCUT2D eigenvalue weighted by atomic mass is 10.1. The van der Waals surface area contributed by atoms with Gasteiger partial charge in [-0.15, -0.1) is 0 Å². The molecular weight excluding hydrogens is 436 g/mol. The molecule has 0 saturated heterocycles. The maximum atomic E-state index is 13.1. The molecule has 0 heterocycles. The second kappa shape index (κ2) is 9.34. The molecule has 6 nitrogen and oxygen atoms in total. The highest BCUT2D eigenvalue weighted by atomic mass is 32.2. The molecule has 1 amide bonds. The molecule has 0 aliphatic carbocycles. The van der Waals surface area contributed by atoms with Crippen LogP contribution < -0.4 is 14.4 Å². The molecule has 0 aromatic heterocycles. The molecule has 4 rings (SSSR count). The molecular formula is C26H24N2O4S. The molecule has 168 valence electrons.